The van der Waals surface area contributed by atoms with Gasteiger partial charge in [-0.2, -0.15) is 0 Å². The Kier molecular flexibility index (Phi) is 4.94. The summed E-state index contributed by atoms with van der Waals surface area (Å²) >= 11 is 0. The lowest BCUT2D eigenvalue weighted by molar-refractivity contribution is -0.0742. The van der Waals surface area contributed by atoms with Gasteiger partial charge in [-0.25, -0.2) is 4.79 Å². The SMILES string of the molecule is CCCO[C@@H]1[C@H](O)[C@@H](CO)O[C@H]1n1cc(C)c(=O)[nH]c1=O. The Balaban J connectivity index is 2.37. The summed E-state index contributed by atoms with van der Waals surface area (Å²) in [5, 5.41) is 19.4. The Bertz CT molecular complexity index is 595. The first-order valence-electron chi connectivity index (χ1n) is 6.87. The van der Waals surface area contributed by atoms with Crippen LogP contribution in [0.2, 0.25) is 0 Å². The monoisotopic (exact) mass is 300 g/mol. The van der Waals surface area contributed by atoms with Crippen LogP contribution in [0.1, 0.15) is 25.1 Å². The zero-order chi connectivity index (χ0) is 15.6. The molecule has 1 aromatic rings. The van der Waals surface area contributed by atoms with Crippen molar-refractivity contribution in [3.05, 3.63) is 32.6 Å². The van der Waals surface area contributed by atoms with Crippen molar-refractivity contribution in [1.82, 2.24) is 9.55 Å². The van der Waals surface area contributed by atoms with Crippen molar-refractivity contribution in [1.29, 1.82) is 0 Å². The molecule has 4 atom stereocenters. The predicted molar refractivity (Wildman–Crippen MR) is 73.1 cm³/mol. The van der Waals surface area contributed by atoms with E-state index in [2.05, 4.69) is 4.98 Å². The second kappa shape index (κ2) is 6.52. The second-order valence-electron chi connectivity index (χ2n) is 5.05. The van der Waals surface area contributed by atoms with Crippen molar-refractivity contribution < 1.29 is 19.7 Å². The largest absolute Gasteiger partial charge is 0.394 e. The molecule has 21 heavy (non-hydrogen) atoms. The summed E-state index contributed by atoms with van der Waals surface area (Å²) in [5.74, 6) is 0. The minimum absolute atomic E-state index is 0.342. The fraction of sp³-hybridized carbons (Fsp3) is 0.692. The fourth-order valence-corrected chi connectivity index (χ4v) is 2.30. The second-order valence-corrected chi connectivity index (χ2v) is 5.05. The van der Waals surface area contributed by atoms with Gasteiger partial charge in [-0.15, -0.1) is 0 Å². The number of aromatic amines is 1. The highest BCUT2D eigenvalue weighted by molar-refractivity contribution is 5.03. The summed E-state index contributed by atoms with van der Waals surface area (Å²) < 4.78 is 12.2. The van der Waals surface area contributed by atoms with Gasteiger partial charge in [0.15, 0.2) is 6.23 Å². The number of ether oxygens (including phenoxy) is 2. The number of hydrogen-bond donors (Lipinski definition) is 3. The van der Waals surface area contributed by atoms with Crippen LogP contribution >= 0.6 is 0 Å². The van der Waals surface area contributed by atoms with Crippen molar-refractivity contribution in [2.45, 2.75) is 44.8 Å². The number of nitrogens with one attached hydrogen (secondary N) is 1. The fourth-order valence-electron chi connectivity index (χ4n) is 2.30. The third kappa shape index (κ3) is 3.08. The van der Waals surface area contributed by atoms with Crippen LogP contribution in [0, 0.1) is 6.92 Å². The number of rotatable bonds is 5. The molecule has 0 aliphatic carbocycles. The van der Waals surface area contributed by atoms with E-state index in [0.29, 0.717) is 12.2 Å². The van der Waals surface area contributed by atoms with E-state index in [0.717, 1.165) is 6.42 Å². The van der Waals surface area contributed by atoms with Crippen LogP contribution in [0.4, 0.5) is 0 Å². The third-order valence-electron chi connectivity index (χ3n) is 3.43. The van der Waals surface area contributed by atoms with E-state index >= 15 is 0 Å². The van der Waals surface area contributed by atoms with Crippen LogP contribution in [-0.4, -0.2) is 51.3 Å². The van der Waals surface area contributed by atoms with Gasteiger partial charge in [0.2, 0.25) is 0 Å². The smallest absolute Gasteiger partial charge is 0.330 e. The molecule has 0 aromatic carbocycles. The molecular weight excluding hydrogens is 280 g/mol. The van der Waals surface area contributed by atoms with Gasteiger partial charge in [-0.3, -0.25) is 14.3 Å². The van der Waals surface area contributed by atoms with Gasteiger partial charge in [0.25, 0.3) is 5.56 Å². The molecule has 1 saturated heterocycles. The predicted octanol–water partition coefficient (Wildman–Crippen LogP) is -1.11. The zero-order valence-electron chi connectivity index (χ0n) is 12.0. The van der Waals surface area contributed by atoms with E-state index in [1.54, 1.807) is 6.92 Å². The lowest BCUT2D eigenvalue weighted by atomic mass is 10.1. The number of H-pyrrole nitrogens is 1. The van der Waals surface area contributed by atoms with E-state index in [1.807, 2.05) is 6.92 Å². The van der Waals surface area contributed by atoms with Gasteiger partial charge in [-0.05, 0) is 13.3 Å². The maximum atomic E-state index is 11.9. The molecule has 1 aromatic heterocycles. The zero-order valence-corrected chi connectivity index (χ0v) is 12.0. The molecule has 1 aliphatic rings. The standard InChI is InChI=1S/C13H20N2O6/c1-3-4-20-10-9(17)8(6-16)21-12(10)15-5-7(2)11(18)14-13(15)19/h5,8-10,12,16-17H,3-4,6H2,1-2H3,(H,14,18,19)/t8-,9-,10-,12-/m1/s1. The first kappa shape index (κ1) is 15.9. The molecule has 0 radical (unpaired) electrons. The Hall–Kier alpha value is -1.48. The van der Waals surface area contributed by atoms with Gasteiger partial charge < -0.3 is 19.7 Å². The number of hydrogen-bond acceptors (Lipinski definition) is 6. The molecule has 3 N–H and O–H groups in total. The maximum absolute atomic E-state index is 11.9. The molecule has 8 heteroatoms. The molecule has 118 valence electrons. The molecule has 1 fully saturated rings. The molecule has 0 bridgehead atoms. The van der Waals surface area contributed by atoms with E-state index < -0.39 is 35.8 Å². The summed E-state index contributed by atoms with van der Waals surface area (Å²) in [4.78, 5) is 25.5. The van der Waals surface area contributed by atoms with Crippen molar-refractivity contribution in [2.24, 2.45) is 0 Å². The van der Waals surface area contributed by atoms with Crippen LogP contribution in [0.25, 0.3) is 0 Å². The number of aliphatic hydroxyl groups excluding tert-OH is 2. The average Bonchev–Trinajstić information content (AvgIpc) is 2.77. The van der Waals surface area contributed by atoms with Crippen LogP contribution in [-0.2, 0) is 9.47 Å². The molecule has 0 saturated carbocycles. The van der Waals surface area contributed by atoms with E-state index in [9.17, 15) is 19.8 Å². The van der Waals surface area contributed by atoms with Crippen molar-refractivity contribution in [3.8, 4) is 0 Å². The topological polar surface area (TPSA) is 114 Å². The maximum Gasteiger partial charge on any atom is 0.330 e. The van der Waals surface area contributed by atoms with Crippen LogP contribution < -0.4 is 11.2 Å². The van der Waals surface area contributed by atoms with Crippen LogP contribution in [0.3, 0.4) is 0 Å². The molecule has 8 nitrogen and oxygen atoms in total. The van der Waals surface area contributed by atoms with Gasteiger partial charge in [0, 0.05) is 18.4 Å². The summed E-state index contributed by atoms with van der Waals surface area (Å²) in [6.07, 6.45) is -1.47. The number of nitrogens with zero attached hydrogens (tertiary/aromatic N) is 1. The molecule has 0 unspecified atom stereocenters. The average molecular weight is 300 g/mol. The lowest BCUT2D eigenvalue weighted by Gasteiger charge is -2.22. The Morgan fingerprint density at radius 1 is 1.48 bits per heavy atom. The minimum Gasteiger partial charge on any atom is -0.394 e. The highest BCUT2D eigenvalue weighted by Crippen LogP contribution is 2.30. The Morgan fingerprint density at radius 3 is 2.81 bits per heavy atom. The van der Waals surface area contributed by atoms with Gasteiger partial charge >= 0.3 is 5.69 Å². The first-order valence-corrected chi connectivity index (χ1v) is 6.87. The van der Waals surface area contributed by atoms with Crippen molar-refractivity contribution in [3.63, 3.8) is 0 Å². The van der Waals surface area contributed by atoms with Crippen molar-refractivity contribution in [2.75, 3.05) is 13.2 Å². The normalized spacial score (nSPS) is 29.0. The van der Waals surface area contributed by atoms with E-state index in [-0.39, 0.29) is 6.61 Å². The summed E-state index contributed by atoms with van der Waals surface area (Å²) in [7, 11) is 0. The Labute approximate surface area is 120 Å². The number of aliphatic hydroxyl groups is 2. The molecular formula is C13H20N2O6. The minimum atomic E-state index is -1.05. The molecule has 2 rings (SSSR count). The summed E-state index contributed by atoms with van der Waals surface area (Å²) in [5.41, 5.74) is -0.777. The summed E-state index contributed by atoms with van der Waals surface area (Å²) in [6, 6.07) is 0. The molecule has 2 heterocycles. The Morgan fingerprint density at radius 2 is 2.19 bits per heavy atom. The third-order valence-corrected chi connectivity index (χ3v) is 3.43. The van der Waals surface area contributed by atoms with Crippen molar-refractivity contribution >= 4 is 0 Å². The number of aromatic nitrogens is 2. The lowest BCUT2D eigenvalue weighted by Crippen LogP contribution is -2.40. The molecule has 0 amide bonds. The highest BCUT2D eigenvalue weighted by atomic mass is 16.6. The number of aryl methyl sites for hydroxylation is 1. The van der Waals surface area contributed by atoms with E-state index in [4.69, 9.17) is 9.47 Å². The van der Waals surface area contributed by atoms with Gasteiger partial charge in [-0.1, -0.05) is 6.92 Å². The highest BCUT2D eigenvalue weighted by Gasteiger charge is 2.45. The molecule has 0 spiro atoms. The first-order chi connectivity index (χ1) is 9.99. The summed E-state index contributed by atoms with van der Waals surface area (Å²) in [6.45, 7) is 3.47. The van der Waals surface area contributed by atoms with Gasteiger partial charge in [0.05, 0.1) is 6.61 Å². The van der Waals surface area contributed by atoms with Crippen LogP contribution in [0.5, 0.6) is 0 Å². The van der Waals surface area contributed by atoms with Crippen LogP contribution in [0.15, 0.2) is 15.8 Å². The quantitative estimate of drug-likeness (QED) is 0.635. The molecule has 1 aliphatic heterocycles. The van der Waals surface area contributed by atoms with Gasteiger partial charge in [0.1, 0.15) is 18.3 Å². The van der Waals surface area contributed by atoms with E-state index in [1.165, 1.54) is 10.8 Å².